The monoisotopic (exact) mass is 675 g/mol. The zero-order valence-corrected chi connectivity index (χ0v) is 31.7. The van der Waals surface area contributed by atoms with Gasteiger partial charge in [-0.3, -0.25) is 9.59 Å². The van der Waals surface area contributed by atoms with Crippen molar-refractivity contribution in [2.75, 3.05) is 13.2 Å². The molecule has 0 aromatic heterocycles. The van der Waals surface area contributed by atoms with Gasteiger partial charge in [0.15, 0.2) is 6.10 Å². The minimum atomic E-state index is -0.775. The molecule has 1 N–H and O–H groups in total. The second kappa shape index (κ2) is 39.6. The van der Waals surface area contributed by atoms with Gasteiger partial charge in [-0.25, -0.2) is 0 Å². The van der Waals surface area contributed by atoms with Crippen LogP contribution >= 0.6 is 0 Å². The zero-order valence-electron chi connectivity index (χ0n) is 31.7. The lowest BCUT2D eigenvalue weighted by atomic mass is 10.1. The smallest absolute Gasteiger partial charge is 0.306 e. The van der Waals surface area contributed by atoms with Crippen LogP contribution in [0.3, 0.4) is 0 Å². The average Bonchev–Trinajstić information content (AvgIpc) is 3.09. The van der Waals surface area contributed by atoms with Gasteiger partial charge >= 0.3 is 11.9 Å². The summed E-state index contributed by atoms with van der Waals surface area (Å²) in [6.07, 6.45) is 47.8. The number of rotatable bonds is 37. The largest absolute Gasteiger partial charge is 0.462 e. The van der Waals surface area contributed by atoms with E-state index in [0.717, 1.165) is 51.4 Å². The fourth-order valence-electron chi connectivity index (χ4n) is 5.75. The number of aliphatic hydroxyl groups is 1. The van der Waals surface area contributed by atoms with E-state index in [4.69, 9.17) is 9.47 Å². The average molecular weight is 675 g/mol. The third-order valence-electron chi connectivity index (χ3n) is 8.91. The van der Waals surface area contributed by atoms with Crippen molar-refractivity contribution in [1.29, 1.82) is 0 Å². The maximum atomic E-state index is 12.2. The van der Waals surface area contributed by atoms with Gasteiger partial charge < -0.3 is 14.6 Å². The van der Waals surface area contributed by atoms with E-state index in [0.29, 0.717) is 12.8 Å². The van der Waals surface area contributed by atoms with E-state index in [1.807, 2.05) is 0 Å². The van der Waals surface area contributed by atoms with E-state index < -0.39 is 6.10 Å². The molecule has 0 aliphatic carbocycles. The van der Waals surface area contributed by atoms with Gasteiger partial charge in [0, 0.05) is 12.8 Å². The lowest BCUT2D eigenvalue weighted by Gasteiger charge is -2.15. The minimum absolute atomic E-state index is 0.0706. The SMILES string of the molecule is CCCCCC/C=C\CCCCCCCC(=O)OCC(CO)OC(=O)CCCCCCCCCCC/C=C\C/C=C\CCCCCCC. The highest BCUT2D eigenvalue weighted by molar-refractivity contribution is 5.70. The van der Waals surface area contributed by atoms with E-state index in [2.05, 4.69) is 50.3 Å². The van der Waals surface area contributed by atoms with Gasteiger partial charge in [-0.15, -0.1) is 0 Å². The van der Waals surface area contributed by atoms with E-state index >= 15 is 0 Å². The van der Waals surface area contributed by atoms with Gasteiger partial charge in [0.05, 0.1) is 6.61 Å². The van der Waals surface area contributed by atoms with Crippen molar-refractivity contribution in [3.8, 4) is 0 Å². The molecule has 0 spiro atoms. The molecule has 0 amide bonds. The first kappa shape index (κ1) is 46.1. The maximum absolute atomic E-state index is 12.2. The summed E-state index contributed by atoms with van der Waals surface area (Å²) in [7, 11) is 0. The highest BCUT2D eigenvalue weighted by Gasteiger charge is 2.16. The number of unbranched alkanes of at least 4 members (excludes halogenated alkanes) is 23. The molecule has 5 nitrogen and oxygen atoms in total. The third-order valence-corrected chi connectivity index (χ3v) is 8.91. The van der Waals surface area contributed by atoms with E-state index in [1.54, 1.807) is 0 Å². The lowest BCUT2D eigenvalue weighted by Crippen LogP contribution is -2.28. The molecule has 0 fully saturated rings. The van der Waals surface area contributed by atoms with Crippen molar-refractivity contribution in [2.45, 2.75) is 213 Å². The summed E-state index contributed by atoms with van der Waals surface area (Å²) in [6, 6.07) is 0. The molecule has 1 unspecified atom stereocenters. The first-order valence-corrected chi connectivity index (χ1v) is 20.5. The second-order valence-electron chi connectivity index (χ2n) is 13.7. The van der Waals surface area contributed by atoms with Crippen LogP contribution in [0, 0.1) is 0 Å². The van der Waals surface area contributed by atoms with Crippen LogP contribution in [0.2, 0.25) is 0 Å². The molecular formula is C43H78O5. The molecule has 0 bridgehead atoms. The van der Waals surface area contributed by atoms with Crippen LogP contribution < -0.4 is 0 Å². The molecule has 0 aromatic rings. The topological polar surface area (TPSA) is 72.8 Å². The summed E-state index contributed by atoms with van der Waals surface area (Å²) in [6.45, 7) is 4.10. The van der Waals surface area contributed by atoms with Crippen molar-refractivity contribution in [3.05, 3.63) is 36.5 Å². The van der Waals surface area contributed by atoms with Crippen LogP contribution in [0.15, 0.2) is 36.5 Å². The Morgan fingerprint density at radius 1 is 0.479 bits per heavy atom. The molecule has 0 aromatic carbocycles. The number of aliphatic hydroxyl groups excluding tert-OH is 1. The summed E-state index contributed by atoms with van der Waals surface area (Å²) in [4.78, 5) is 24.2. The van der Waals surface area contributed by atoms with Gasteiger partial charge in [0.1, 0.15) is 6.61 Å². The lowest BCUT2D eigenvalue weighted by molar-refractivity contribution is -0.161. The first-order chi connectivity index (χ1) is 23.6. The van der Waals surface area contributed by atoms with E-state index in [1.165, 1.54) is 128 Å². The molecule has 0 aliphatic heterocycles. The Bertz CT molecular complexity index is 771. The highest BCUT2D eigenvalue weighted by Crippen LogP contribution is 2.13. The molecule has 0 saturated carbocycles. The third kappa shape index (κ3) is 36.9. The van der Waals surface area contributed by atoms with E-state index in [-0.39, 0.29) is 25.2 Å². The van der Waals surface area contributed by atoms with Crippen molar-refractivity contribution in [3.63, 3.8) is 0 Å². The molecule has 0 rings (SSSR count). The Morgan fingerprint density at radius 2 is 0.833 bits per heavy atom. The summed E-state index contributed by atoms with van der Waals surface area (Å²) < 4.78 is 10.6. The molecule has 48 heavy (non-hydrogen) atoms. The molecular weight excluding hydrogens is 596 g/mol. The number of allylic oxidation sites excluding steroid dienone is 6. The van der Waals surface area contributed by atoms with Crippen molar-refractivity contribution in [2.24, 2.45) is 0 Å². The van der Waals surface area contributed by atoms with Gasteiger partial charge in [-0.05, 0) is 70.6 Å². The quantitative estimate of drug-likeness (QED) is 0.0403. The van der Waals surface area contributed by atoms with Crippen LogP contribution in [0.4, 0.5) is 0 Å². The Morgan fingerprint density at radius 3 is 1.27 bits per heavy atom. The molecule has 0 heterocycles. The number of carbonyl (C=O) groups excluding carboxylic acids is 2. The van der Waals surface area contributed by atoms with Crippen LogP contribution in [-0.4, -0.2) is 36.4 Å². The van der Waals surface area contributed by atoms with Gasteiger partial charge in [-0.2, -0.15) is 0 Å². The summed E-state index contributed by atoms with van der Waals surface area (Å²) in [5, 5.41) is 9.55. The molecule has 0 saturated heterocycles. The Kier molecular flexibility index (Phi) is 38.0. The van der Waals surface area contributed by atoms with E-state index in [9.17, 15) is 14.7 Å². The summed E-state index contributed by atoms with van der Waals surface area (Å²) in [5.74, 6) is -0.603. The van der Waals surface area contributed by atoms with Crippen LogP contribution in [0.25, 0.3) is 0 Å². The Hall–Kier alpha value is -1.88. The molecule has 1 atom stereocenters. The van der Waals surface area contributed by atoms with Crippen LogP contribution in [0.1, 0.15) is 206 Å². The van der Waals surface area contributed by atoms with Crippen molar-refractivity contribution < 1.29 is 24.2 Å². The molecule has 0 aliphatic rings. The zero-order chi connectivity index (χ0) is 35.0. The number of carbonyl (C=O) groups is 2. The number of esters is 2. The van der Waals surface area contributed by atoms with Crippen molar-refractivity contribution >= 4 is 11.9 Å². The van der Waals surface area contributed by atoms with Gasteiger partial charge in [0.2, 0.25) is 0 Å². The van der Waals surface area contributed by atoms with Crippen LogP contribution in [0.5, 0.6) is 0 Å². The molecule has 5 heteroatoms. The van der Waals surface area contributed by atoms with Crippen LogP contribution in [-0.2, 0) is 19.1 Å². The first-order valence-electron chi connectivity index (χ1n) is 20.5. The normalized spacial score (nSPS) is 12.5. The Balaban J connectivity index is 3.55. The standard InChI is InChI=1S/C43H78O5/c1-3-5-7-9-11-13-15-17-18-19-20-21-22-23-24-26-28-30-32-34-36-38-43(46)48-41(39-44)40-47-42(45)37-35-33-31-29-27-25-16-14-12-10-8-6-4-2/h14-17,19-20,41,44H,3-13,18,21-40H2,1-2H3/b16-14-,17-15-,20-19-. The van der Waals surface area contributed by atoms with Gasteiger partial charge in [-0.1, -0.05) is 159 Å². The van der Waals surface area contributed by atoms with Gasteiger partial charge in [0.25, 0.3) is 0 Å². The second-order valence-corrected chi connectivity index (χ2v) is 13.7. The minimum Gasteiger partial charge on any atom is -0.462 e. The number of hydrogen-bond acceptors (Lipinski definition) is 5. The van der Waals surface area contributed by atoms with Crippen molar-refractivity contribution in [1.82, 2.24) is 0 Å². The number of ether oxygens (including phenoxy) is 2. The summed E-state index contributed by atoms with van der Waals surface area (Å²) in [5.41, 5.74) is 0. The predicted molar refractivity (Wildman–Crippen MR) is 205 cm³/mol. The highest BCUT2D eigenvalue weighted by atomic mass is 16.6. The molecule has 0 radical (unpaired) electrons. The Labute approximate surface area is 297 Å². The summed E-state index contributed by atoms with van der Waals surface area (Å²) >= 11 is 0. The fourth-order valence-corrected chi connectivity index (χ4v) is 5.75. The predicted octanol–water partition coefficient (Wildman–Crippen LogP) is 12.8. The number of hydrogen-bond donors (Lipinski definition) is 1. The maximum Gasteiger partial charge on any atom is 0.306 e. The molecule has 280 valence electrons. The fraction of sp³-hybridized carbons (Fsp3) is 0.814.